The minimum absolute atomic E-state index is 0.0596. The van der Waals surface area contributed by atoms with E-state index in [0.29, 0.717) is 11.8 Å². The minimum Gasteiger partial charge on any atom is -0.506 e. The molecule has 0 radical (unpaired) electrons. The van der Waals surface area contributed by atoms with Gasteiger partial charge in [-0.05, 0) is 23.4 Å². The van der Waals surface area contributed by atoms with E-state index in [9.17, 15) is 9.70 Å². The number of phenolic OH excluding ortho intramolecular Hbond substituents is 1. The van der Waals surface area contributed by atoms with Gasteiger partial charge in [-0.25, -0.2) is 0 Å². The molecular weight excluding hydrogens is 146 g/mol. The van der Waals surface area contributed by atoms with Gasteiger partial charge in [-0.2, -0.15) is 0 Å². The van der Waals surface area contributed by atoms with Crippen molar-refractivity contribution < 1.29 is 9.90 Å². The predicted molar refractivity (Wildman–Crippen MR) is 38.9 cm³/mol. The second-order valence-corrected chi connectivity index (χ2v) is 1.96. The molecule has 0 bridgehead atoms. The van der Waals surface area contributed by atoms with E-state index in [1.54, 1.807) is 0 Å². The van der Waals surface area contributed by atoms with Crippen molar-refractivity contribution in [3.05, 3.63) is 28.7 Å². The first kappa shape index (κ1) is 7.40. The summed E-state index contributed by atoms with van der Waals surface area (Å²) in [5, 5.41) is 11.5. The van der Waals surface area contributed by atoms with Crippen LogP contribution < -0.4 is 0 Å². The number of nitrogens with zero attached hydrogens (tertiary/aromatic N) is 1. The van der Waals surface area contributed by atoms with Crippen LogP contribution >= 0.6 is 0 Å². The topological polar surface area (TPSA) is 66.7 Å². The van der Waals surface area contributed by atoms with Crippen LogP contribution in [0.25, 0.3) is 0 Å². The second-order valence-electron chi connectivity index (χ2n) is 1.96. The summed E-state index contributed by atoms with van der Waals surface area (Å²) in [4.78, 5) is 20.1. The van der Waals surface area contributed by atoms with Gasteiger partial charge in [-0.15, -0.1) is 4.91 Å². The van der Waals surface area contributed by atoms with Crippen molar-refractivity contribution in [3.63, 3.8) is 0 Å². The van der Waals surface area contributed by atoms with Crippen molar-refractivity contribution >= 4 is 12.0 Å². The Hall–Kier alpha value is -1.71. The number of aromatic hydroxyl groups is 1. The van der Waals surface area contributed by atoms with Crippen LogP contribution in [0.3, 0.4) is 0 Å². The van der Waals surface area contributed by atoms with Crippen molar-refractivity contribution in [1.29, 1.82) is 0 Å². The molecule has 0 heterocycles. The lowest BCUT2D eigenvalue weighted by Crippen LogP contribution is -1.77. The largest absolute Gasteiger partial charge is 0.506 e. The Balaban J connectivity index is 3.18. The van der Waals surface area contributed by atoms with E-state index >= 15 is 0 Å². The van der Waals surface area contributed by atoms with Gasteiger partial charge in [0.05, 0.1) is 0 Å². The van der Waals surface area contributed by atoms with Crippen molar-refractivity contribution in [3.8, 4) is 5.75 Å². The predicted octanol–water partition coefficient (Wildman–Crippen LogP) is 1.60. The summed E-state index contributed by atoms with van der Waals surface area (Å²) < 4.78 is 0. The lowest BCUT2D eigenvalue weighted by atomic mass is 10.2. The third kappa shape index (κ3) is 1.40. The van der Waals surface area contributed by atoms with Crippen LogP contribution in [0, 0.1) is 4.91 Å². The highest BCUT2D eigenvalue weighted by Crippen LogP contribution is 2.25. The molecule has 0 spiro atoms. The molecule has 0 aliphatic carbocycles. The summed E-state index contributed by atoms with van der Waals surface area (Å²) in [7, 11) is 0. The van der Waals surface area contributed by atoms with Gasteiger partial charge in [0.15, 0.2) is 0 Å². The smallest absolute Gasteiger partial charge is 0.150 e. The Labute approximate surface area is 62.4 Å². The van der Waals surface area contributed by atoms with Gasteiger partial charge in [-0.1, -0.05) is 0 Å². The first-order valence-corrected chi connectivity index (χ1v) is 2.89. The molecule has 0 saturated heterocycles. The minimum atomic E-state index is -0.274. The molecule has 56 valence electrons. The average Bonchev–Trinajstić information content (AvgIpc) is 2.04. The van der Waals surface area contributed by atoms with E-state index in [0.717, 1.165) is 0 Å². The number of rotatable bonds is 2. The first-order valence-electron chi connectivity index (χ1n) is 2.89. The van der Waals surface area contributed by atoms with Crippen LogP contribution in [0.5, 0.6) is 5.75 Å². The van der Waals surface area contributed by atoms with Crippen molar-refractivity contribution in [2.45, 2.75) is 0 Å². The highest BCUT2D eigenvalue weighted by Gasteiger charge is 2.00. The first-order chi connectivity index (χ1) is 5.27. The third-order valence-electron chi connectivity index (χ3n) is 1.23. The fourth-order valence-electron chi connectivity index (χ4n) is 0.691. The summed E-state index contributed by atoms with van der Waals surface area (Å²) in [5.41, 5.74) is 0.255. The summed E-state index contributed by atoms with van der Waals surface area (Å²) in [6, 6.07) is 3.87. The molecule has 0 fully saturated rings. The number of carbonyl (C=O) groups is 1. The van der Waals surface area contributed by atoms with Crippen LogP contribution in [-0.2, 0) is 0 Å². The van der Waals surface area contributed by atoms with Crippen LogP contribution in [-0.4, -0.2) is 11.4 Å². The summed E-state index contributed by atoms with van der Waals surface area (Å²) >= 11 is 0. The Morgan fingerprint density at radius 1 is 1.45 bits per heavy atom. The molecule has 0 amide bonds. The number of aldehydes is 1. The Morgan fingerprint density at radius 3 is 2.64 bits per heavy atom. The quantitative estimate of drug-likeness (QED) is 0.515. The lowest BCUT2D eigenvalue weighted by molar-refractivity contribution is 0.112. The molecule has 0 aliphatic heterocycles. The molecule has 1 aromatic carbocycles. The zero-order valence-electron chi connectivity index (χ0n) is 5.52. The van der Waals surface area contributed by atoms with E-state index in [-0.39, 0.29) is 11.4 Å². The van der Waals surface area contributed by atoms with Crippen molar-refractivity contribution in [1.82, 2.24) is 0 Å². The molecule has 4 nitrogen and oxygen atoms in total. The van der Waals surface area contributed by atoms with Gasteiger partial charge in [-0.3, -0.25) is 4.79 Å². The highest BCUT2D eigenvalue weighted by molar-refractivity contribution is 5.77. The number of carbonyl (C=O) groups excluding carboxylic acids is 1. The number of phenols is 1. The van der Waals surface area contributed by atoms with Crippen LogP contribution in [0.15, 0.2) is 23.4 Å². The van der Waals surface area contributed by atoms with Crippen LogP contribution in [0.4, 0.5) is 5.69 Å². The van der Waals surface area contributed by atoms with E-state index in [1.807, 2.05) is 0 Å². The molecule has 1 N–H and O–H groups in total. The molecule has 0 unspecified atom stereocenters. The Kier molecular flexibility index (Phi) is 1.96. The molecule has 11 heavy (non-hydrogen) atoms. The van der Waals surface area contributed by atoms with Crippen LogP contribution in [0.1, 0.15) is 10.4 Å². The monoisotopic (exact) mass is 151 g/mol. The molecule has 1 aromatic rings. The summed E-state index contributed by atoms with van der Waals surface area (Å²) in [6.07, 6.45) is 0.578. The number of hydrogen-bond donors (Lipinski definition) is 1. The number of hydrogen-bond acceptors (Lipinski definition) is 4. The maximum absolute atomic E-state index is 10.1. The van der Waals surface area contributed by atoms with E-state index in [1.165, 1.54) is 18.2 Å². The SMILES string of the molecule is O=Cc1ccc(N=O)c(O)c1. The van der Waals surface area contributed by atoms with Gasteiger partial charge >= 0.3 is 0 Å². The van der Waals surface area contributed by atoms with Gasteiger partial charge in [0.25, 0.3) is 0 Å². The van der Waals surface area contributed by atoms with E-state index in [4.69, 9.17) is 5.11 Å². The molecule has 0 atom stereocenters. The Morgan fingerprint density at radius 2 is 2.18 bits per heavy atom. The fraction of sp³-hybridized carbons (Fsp3) is 0. The van der Waals surface area contributed by atoms with E-state index < -0.39 is 0 Å². The summed E-state index contributed by atoms with van der Waals surface area (Å²) in [5.74, 6) is -0.274. The second kappa shape index (κ2) is 2.92. The maximum Gasteiger partial charge on any atom is 0.150 e. The van der Waals surface area contributed by atoms with Crippen molar-refractivity contribution in [2.24, 2.45) is 5.18 Å². The molecule has 1 rings (SSSR count). The fourth-order valence-corrected chi connectivity index (χ4v) is 0.691. The van der Waals surface area contributed by atoms with E-state index in [2.05, 4.69) is 5.18 Å². The van der Waals surface area contributed by atoms with Gasteiger partial charge in [0.2, 0.25) is 0 Å². The van der Waals surface area contributed by atoms with Crippen molar-refractivity contribution in [2.75, 3.05) is 0 Å². The molecule has 0 aliphatic rings. The number of nitroso groups, excluding NO2 is 1. The zero-order valence-corrected chi connectivity index (χ0v) is 5.52. The Bertz CT molecular complexity index is 296. The van der Waals surface area contributed by atoms with Crippen LogP contribution in [0.2, 0.25) is 0 Å². The highest BCUT2D eigenvalue weighted by atomic mass is 16.3. The molecule has 0 aromatic heterocycles. The maximum atomic E-state index is 10.1. The standard InChI is InChI=1S/C7H5NO3/c9-4-5-1-2-6(8-11)7(10)3-5/h1-4,10H. The normalized spacial score (nSPS) is 9.09. The third-order valence-corrected chi connectivity index (χ3v) is 1.23. The molecule has 0 saturated carbocycles. The average molecular weight is 151 g/mol. The molecule has 4 heteroatoms. The van der Waals surface area contributed by atoms with Gasteiger partial charge in [0, 0.05) is 5.56 Å². The molecular formula is C7H5NO3. The lowest BCUT2D eigenvalue weighted by Gasteiger charge is -1.94. The summed E-state index contributed by atoms with van der Waals surface area (Å²) in [6.45, 7) is 0. The zero-order chi connectivity index (χ0) is 8.27. The van der Waals surface area contributed by atoms with Gasteiger partial charge < -0.3 is 5.11 Å². The number of benzene rings is 1. The van der Waals surface area contributed by atoms with Gasteiger partial charge in [0.1, 0.15) is 17.7 Å².